The monoisotopic (exact) mass is 557 g/mol. The number of nitrogens with one attached hydrogen (secondary N) is 3. The molecule has 0 saturated carbocycles. The van der Waals surface area contributed by atoms with E-state index in [0.717, 1.165) is 4.47 Å². The average Bonchev–Trinajstić information content (AvgIpc) is 2.70. The molecule has 0 radical (unpaired) electrons. The second-order valence-electron chi connectivity index (χ2n) is 6.55. The summed E-state index contributed by atoms with van der Waals surface area (Å²) in [6.45, 7) is 4.48. The second kappa shape index (κ2) is 11.9. The molecule has 0 saturated heterocycles. The quantitative estimate of drug-likeness (QED) is 0.352. The lowest BCUT2D eigenvalue weighted by molar-refractivity contribution is -0.123. The Labute approximate surface area is 197 Å². The van der Waals surface area contributed by atoms with Crippen LogP contribution in [0.5, 0.6) is 11.5 Å². The Bertz CT molecular complexity index is 907. The minimum Gasteiger partial charge on any atom is -0.493 e. The van der Waals surface area contributed by atoms with Gasteiger partial charge < -0.3 is 9.47 Å². The third-order valence-electron chi connectivity index (χ3n) is 3.50. The molecule has 0 spiro atoms. The Kier molecular flexibility index (Phi) is 9.54. The van der Waals surface area contributed by atoms with Crippen LogP contribution in [0.15, 0.2) is 51.4 Å². The number of amides is 2. The summed E-state index contributed by atoms with van der Waals surface area (Å²) in [7, 11) is 0. The van der Waals surface area contributed by atoms with Crippen LogP contribution in [0.2, 0.25) is 0 Å². The molecule has 2 aromatic rings. The van der Waals surface area contributed by atoms with E-state index in [2.05, 4.69) is 61.9 Å². The molecule has 7 nitrogen and oxygen atoms in total. The van der Waals surface area contributed by atoms with Crippen LogP contribution in [0.4, 0.5) is 0 Å². The fourth-order valence-corrected chi connectivity index (χ4v) is 3.38. The molecule has 0 unspecified atom stereocenters. The fourth-order valence-electron chi connectivity index (χ4n) is 2.07. The van der Waals surface area contributed by atoms with Crippen LogP contribution in [0.25, 0.3) is 0 Å². The lowest BCUT2D eigenvalue weighted by Gasteiger charge is -2.12. The molecule has 0 heterocycles. The maximum Gasteiger partial charge on any atom is 0.276 e. The smallest absolute Gasteiger partial charge is 0.276 e. The summed E-state index contributed by atoms with van der Waals surface area (Å²) in [5.41, 5.74) is 5.23. The molecule has 0 aliphatic carbocycles. The first-order chi connectivity index (χ1) is 14.2. The summed E-state index contributed by atoms with van der Waals surface area (Å²) in [6.07, 6.45) is 0. The topological polar surface area (TPSA) is 88.7 Å². The van der Waals surface area contributed by atoms with Gasteiger partial charge >= 0.3 is 0 Å². The van der Waals surface area contributed by atoms with Crippen molar-refractivity contribution in [3.05, 3.63) is 57.0 Å². The van der Waals surface area contributed by atoms with Crippen LogP contribution in [0.3, 0.4) is 0 Å². The minimum atomic E-state index is -0.465. The van der Waals surface area contributed by atoms with Crippen molar-refractivity contribution in [2.45, 2.75) is 13.8 Å². The number of carbonyl (C=O) groups excluding carboxylic acids is 2. The van der Waals surface area contributed by atoms with Crippen molar-refractivity contribution in [3.8, 4) is 11.5 Å². The van der Waals surface area contributed by atoms with E-state index in [4.69, 9.17) is 21.7 Å². The predicted octanol–water partition coefficient (Wildman–Crippen LogP) is 3.96. The van der Waals surface area contributed by atoms with Crippen molar-refractivity contribution < 1.29 is 19.1 Å². The first-order valence-electron chi connectivity index (χ1n) is 8.95. The van der Waals surface area contributed by atoms with Crippen LogP contribution in [0, 0.1) is 5.92 Å². The maximum atomic E-state index is 12.2. The van der Waals surface area contributed by atoms with Crippen LogP contribution in [-0.4, -0.2) is 30.1 Å². The van der Waals surface area contributed by atoms with Gasteiger partial charge in [0.15, 0.2) is 11.7 Å². The highest BCUT2D eigenvalue weighted by atomic mass is 79.9. The molecule has 3 N–H and O–H groups in total. The minimum absolute atomic E-state index is 0.0432. The molecule has 0 aliphatic heterocycles. The van der Waals surface area contributed by atoms with Crippen molar-refractivity contribution in [2.75, 3.05) is 13.2 Å². The lowest BCUT2D eigenvalue weighted by Crippen LogP contribution is -2.49. The van der Waals surface area contributed by atoms with Crippen molar-refractivity contribution in [3.63, 3.8) is 0 Å². The Balaban J connectivity index is 1.74. The second-order valence-corrected chi connectivity index (χ2v) is 8.73. The highest BCUT2D eigenvalue weighted by Crippen LogP contribution is 2.28. The zero-order valence-corrected chi connectivity index (χ0v) is 20.3. The van der Waals surface area contributed by atoms with Gasteiger partial charge in [-0.2, -0.15) is 0 Å². The summed E-state index contributed by atoms with van der Waals surface area (Å²) in [4.78, 5) is 24.1. The SMILES string of the molecule is CC(C)COc1ccc(C(=O)NC(=S)NNC(=O)COc2ccc(Br)cc2Br)cc1. The van der Waals surface area contributed by atoms with E-state index >= 15 is 0 Å². The Morgan fingerprint density at radius 1 is 1.03 bits per heavy atom. The van der Waals surface area contributed by atoms with Crippen LogP contribution in [0.1, 0.15) is 24.2 Å². The average molecular weight is 559 g/mol. The van der Waals surface area contributed by atoms with Crippen LogP contribution in [-0.2, 0) is 4.79 Å². The summed E-state index contributed by atoms with van der Waals surface area (Å²) in [5.74, 6) is 0.740. The molecular formula is C20H21Br2N3O4S. The number of hydrazine groups is 1. The van der Waals surface area contributed by atoms with Gasteiger partial charge in [-0.3, -0.25) is 25.8 Å². The number of hydrogen-bond acceptors (Lipinski definition) is 5. The molecule has 2 aromatic carbocycles. The zero-order valence-electron chi connectivity index (χ0n) is 16.3. The van der Waals surface area contributed by atoms with Gasteiger partial charge in [0.05, 0.1) is 11.1 Å². The van der Waals surface area contributed by atoms with Gasteiger partial charge in [-0.25, -0.2) is 0 Å². The van der Waals surface area contributed by atoms with E-state index in [9.17, 15) is 9.59 Å². The van der Waals surface area contributed by atoms with Crippen molar-refractivity contribution in [1.29, 1.82) is 0 Å². The van der Waals surface area contributed by atoms with Crippen molar-refractivity contribution >= 4 is 61.0 Å². The Hall–Kier alpha value is -2.17. The maximum absolute atomic E-state index is 12.2. The number of benzene rings is 2. The normalized spacial score (nSPS) is 10.3. The van der Waals surface area contributed by atoms with Gasteiger partial charge in [0.25, 0.3) is 11.8 Å². The molecule has 0 aromatic heterocycles. The third-order valence-corrected chi connectivity index (χ3v) is 4.81. The highest BCUT2D eigenvalue weighted by Gasteiger charge is 2.10. The largest absolute Gasteiger partial charge is 0.493 e. The standard InChI is InChI=1S/C20H21Br2N3O4S/c1-12(2)10-28-15-6-3-13(4-7-15)19(27)23-20(30)25-24-18(26)11-29-17-8-5-14(21)9-16(17)22/h3-9,12H,10-11H2,1-2H3,(H,24,26)(H2,23,25,27,30). The summed E-state index contributed by atoms with van der Waals surface area (Å²) in [5, 5.41) is 2.44. The van der Waals surface area contributed by atoms with E-state index in [-0.39, 0.29) is 11.7 Å². The van der Waals surface area contributed by atoms with Gasteiger partial charge in [0, 0.05) is 10.0 Å². The molecule has 0 aliphatic rings. The molecule has 30 heavy (non-hydrogen) atoms. The first kappa shape index (κ1) is 24.1. The van der Waals surface area contributed by atoms with Crippen LogP contribution < -0.4 is 25.6 Å². The summed E-state index contributed by atoms with van der Waals surface area (Å²) < 4.78 is 12.6. The van der Waals surface area contributed by atoms with E-state index < -0.39 is 11.8 Å². The molecule has 160 valence electrons. The Morgan fingerprint density at radius 3 is 2.37 bits per heavy atom. The number of halogens is 2. The van der Waals surface area contributed by atoms with Crippen LogP contribution >= 0.6 is 44.1 Å². The zero-order chi connectivity index (χ0) is 22.1. The van der Waals surface area contributed by atoms with Crippen molar-refractivity contribution in [1.82, 2.24) is 16.2 Å². The van der Waals surface area contributed by atoms with E-state index in [1.54, 1.807) is 42.5 Å². The third kappa shape index (κ3) is 8.29. The molecule has 2 amide bonds. The number of carbonyl (C=O) groups is 2. The molecule has 0 bridgehead atoms. The van der Waals surface area contributed by atoms with E-state index in [0.29, 0.717) is 34.1 Å². The van der Waals surface area contributed by atoms with Gasteiger partial charge in [0.2, 0.25) is 0 Å². The van der Waals surface area contributed by atoms with Gasteiger partial charge in [-0.15, -0.1) is 0 Å². The van der Waals surface area contributed by atoms with Gasteiger partial charge in [0.1, 0.15) is 11.5 Å². The number of ether oxygens (including phenoxy) is 2. The first-order valence-corrected chi connectivity index (χ1v) is 10.9. The fraction of sp³-hybridized carbons (Fsp3) is 0.250. The predicted molar refractivity (Wildman–Crippen MR) is 125 cm³/mol. The molecule has 10 heteroatoms. The number of hydrogen-bond donors (Lipinski definition) is 3. The molecule has 2 rings (SSSR count). The molecule has 0 fully saturated rings. The number of rotatable bonds is 7. The van der Waals surface area contributed by atoms with E-state index in [1.165, 1.54) is 0 Å². The van der Waals surface area contributed by atoms with Gasteiger partial charge in [-0.1, -0.05) is 29.8 Å². The molecule has 0 atom stereocenters. The van der Waals surface area contributed by atoms with Crippen molar-refractivity contribution in [2.24, 2.45) is 5.92 Å². The van der Waals surface area contributed by atoms with E-state index in [1.807, 2.05) is 0 Å². The summed E-state index contributed by atoms with van der Waals surface area (Å²) in [6, 6.07) is 12.0. The summed E-state index contributed by atoms with van der Waals surface area (Å²) >= 11 is 11.7. The Morgan fingerprint density at radius 2 is 1.73 bits per heavy atom. The highest BCUT2D eigenvalue weighted by molar-refractivity contribution is 9.11. The lowest BCUT2D eigenvalue weighted by atomic mass is 10.2. The van der Waals surface area contributed by atoms with Gasteiger partial charge in [-0.05, 0) is 76.5 Å². The number of thiocarbonyl (C=S) groups is 1. The molecular weight excluding hydrogens is 538 g/mol.